The Hall–Kier alpha value is -0.930. The summed E-state index contributed by atoms with van der Waals surface area (Å²) in [6.45, 7) is 2.11. The van der Waals surface area contributed by atoms with E-state index in [9.17, 15) is 9.90 Å². The van der Waals surface area contributed by atoms with Crippen molar-refractivity contribution < 1.29 is 14.6 Å². The van der Waals surface area contributed by atoms with E-state index in [4.69, 9.17) is 27.9 Å². The summed E-state index contributed by atoms with van der Waals surface area (Å²) < 4.78 is 3.97. The van der Waals surface area contributed by atoms with Crippen LogP contribution in [-0.4, -0.2) is 22.0 Å². The van der Waals surface area contributed by atoms with Crippen molar-refractivity contribution in [3.8, 4) is 5.75 Å². The second kappa shape index (κ2) is 4.98. The molecule has 5 heteroatoms. The van der Waals surface area contributed by atoms with Crippen LogP contribution in [0.15, 0.2) is 24.3 Å². The van der Waals surface area contributed by atoms with E-state index in [0.717, 1.165) is 5.56 Å². The van der Waals surface area contributed by atoms with Gasteiger partial charge in [0.2, 0.25) is 0 Å². The minimum Gasteiger partial charge on any atom is -0.508 e. The first-order chi connectivity index (χ1) is 8.46. The average molecular weight is 289 g/mol. The third kappa shape index (κ3) is 2.57. The van der Waals surface area contributed by atoms with Gasteiger partial charge in [0.25, 0.3) is 0 Å². The van der Waals surface area contributed by atoms with Gasteiger partial charge in [-0.1, -0.05) is 12.1 Å². The Labute approximate surface area is 116 Å². The summed E-state index contributed by atoms with van der Waals surface area (Å²) in [5, 5.41) is 9.23. The largest absolute Gasteiger partial charge is 0.508 e. The van der Waals surface area contributed by atoms with Crippen LogP contribution in [0.25, 0.3) is 0 Å². The molecule has 18 heavy (non-hydrogen) atoms. The predicted molar refractivity (Wildman–Crippen MR) is 70.0 cm³/mol. The number of halogens is 2. The minimum atomic E-state index is -0.927. The molecule has 0 aliphatic heterocycles. The van der Waals surface area contributed by atoms with Gasteiger partial charge in [0, 0.05) is 11.8 Å². The lowest BCUT2D eigenvalue weighted by atomic mass is 10.1. The molecule has 0 aromatic heterocycles. The molecule has 0 radical (unpaired) electrons. The zero-order valence-corrected chi connectivity index (χ0v) is 11.4. The van der Waals surface area contributed by atoms with Gasteiger partial charge in [0.1, 0.15) is 10.1 Å². The number of hydrogen-bond acceptors (Lipinski definition) is 3. The molecular weight excluding hydrogens is 275 g/mol. The van der Waals surface area contributed by atoms with Crippen molar-refractivity contribution in [3.05, 3.63) is 29.8 Å². The standard InChI is InChI=1S/C13H14Cl2O3/c1-2-18-11(17)7-10-12(13(10,14)15)8-3-5-9(16)6-4-8/h3-6,10,12,16H,2,7H2,1H3. The maximum Gasteiger partial charge on any atom is 0.306 e. The van der Waals surface area contributed by atoms with Crippen molar-refractivity contribution in [2.75, 3.05) is 6.61 Å². The first-order valence-electron chi connectivity index (χ1n) is 5.79. The summed E-state index contributed by atoms with van der Waals surface area (Å²) >= 11 is 12.4. The van der Waals surface area contributed by atoms with Crippen LogP contribution in [0.3, 0.4) is 0 Å². The monoisotopic (exact) mass is 288 g/mol. The fraction of sp³-hybridized carbons (Fsp3) is 0.462. The molecule has 0 amide bonds. The summed E-state index contributed by atoms with van der Waals surface area (Å²) in [5.74, 6) is -0.319. The van der Waals surface area contributed by atoms with Crippen molar-refractivity contribution in [2.24, 2.45) is 5.92 Å². The second-order valence-corrected chi connectivity index (χ2v) is 5.80. The highest BCUT2D eigenvalue weighted by Gasteiger charge is 2.64. The SMILES string of the molecule is CCOC(=O)CC1C(c2ccc(O)cc2)C1(Cl)Cl. The minimum absolute atomic E-state index is 0.0918. The van der Waals surface area contributed by atoms with E-state index >= 15 is 0 Å². The van der Waals surface area contributed by atoms with Crippen molar-refractivity contribution in [3.63, 3.8) is 0 Å². The number of carbonyl (C=O) groups excluding carboxylic acids is 1. The summed E-state index contributed by atoms with van der Waals surface area (Å²) in [6, 6.07) is 6.70. The van der Waals surface area contributed by atoms with Crippen molar-refractivity contribution in [2.45, 2.75) is 23.6 Å². The summed E-state index contributed by atoms with van der Waals surface area (Å²) in [4.78, 5) is 11.4. The Morgan fingerprint density at radius 3 is 2.56 bits per heavy atom. The lowest BCUT2D eigenvalue weighted by Gasteiger charge is -2.01. The van der Waals surface area contributed by atoms with Crippen LogP contribution in [0.1, 0.15) is 24.8 Å². The Kier molecular flexibility index (Phi) is 3.74. The first-order valence-corrected chi connectivity index (χ1v) is 6.54. The molecule has 2 atom stereocenters. The lowest BCUT2D eigenvalue weighted by molar-refractivity contribution is -0.143. The molecule has 0 bridgehead atoms. The van der Waals surface area contributed by atoms with Gasteiger partial charge >= 0.3 is 5.97 Å². The molecule has 1 aromatic carbocycles. The normalized spacial score (nSPS) is 24.6. The molecule has 1 N–H and O–H groups in total. The molecule has 0 spiro atoms. The van der Waals surface area contributed by atoms with Crippen LogP contribution in [0.4, 0.5) is 0 Å². The lowest BCUT2D eigenvalue weighted by Crippen LogP contribution is -2.06. The van der Waals surface area contributed by atoms with Gasteiger partial charge in [-0.25, -0.2) is 0 Å². The molecule has 1 saturated carbocycles. The Morgan fingerprint density at radius 1 is 1.39 bits per heavy atom. The van der Waals surface area contributed by atoms with Gasteiger partial charge in [-0.3, -0.25) is 4.79 Å². The number of carbonyl (C=O) groups is 1. The van der Waals surface area contributed by atoms with Crippen LogP contribution in [0.2, 0.25) is 0 Å². The van der Waals surface area contributed by atoms with Crippen LogP contribution in [0, 0.1) is 5.92 Å². The zero-order chi connectivity index (χ0) is 13.3. The predicted octanol–water partition coefficient (Wildman–Crippen LogP) is 3.23. The summed E-state index contributed by atoms with van der Waals surface area (Å²) in [7, 11) is 0. The molecule has 2 unspecified atom stereocenters. The van der Waals surface area contributed by atoms with E-state index in [2.05, 4.69) is 0 Å². The summed E-state index contributed by atoms with van der Waals surface area (Å²) in [5.41, 5.74) is 0.923. The highest BCUT2D eigenvalue weighted by atomic mass is 35.5. The maximum atomic E-state index is 11.4. The quantitative estimate of drug-likeness (QED) is 0.683. The van der Waals surface area contributed by atoms with E-state index in [1.165, 1.54) is 0 Å². The van der Waals surface area contributed by atoms with Crippen molar-refractivity contribution >= 4 is 29.2 Å². The molecule has 1 aliphatic rings. The number of phenols is 1. The number of rotatable bonds is 4. The highest BCUT2D eigenvalue weighted by molar-refractivity contribution is 6.52. The van der Waals surface area contributed by atoms with Crippen LogP contribution in [-0.2, 0) is 9.53 Å². The molecule has 2 rings (SSSR count). The van der Waals surface area contributed by atoms with Crippen molar-refractivity contribution in [1.82, 2.24) is 0 Å². The molecule has 1 fully saturated rings. The van der Waals surface area contributed by atoms with Gasteiger partial charge in [-0.05, 0) is 24.6 Å². The fourth-order valence-corrected chi connectivity index (χ4v) is 3.02. The van der Waals surface area contributed by atoms with Crippen LogP contribution in [0.5, 0.6) is 5.75 Å². The average Bonchev–Trinajstić information content (AvgIpc) is 2.82. The van der Waals surface area contributed by atoms with Gasteiger partial charge in [-0.15, -0.1) is 23.2 Å². The molecule has 1 aromatic rings. The topological polar surface area (TPSA) is 46.5 Å². The molecular formula is C13H14Cl2O3. The van der Waals surface area contributed by atoms with E-state index < -0.39 is 4.33 Å². The number of aromatic hydroxyl groups is 1. The van der Waals surface area contributed by atoms with Gasteiger partial charge in [0.05, 0.1) is 13.0 Å². The first kappa shape index (κ1) is 13.5. The van der Waals surface area contributed by atoms with Crippen LogP contribution >= 0.6 is 23.2 Å². The van der Waals surface area contributed by atoms with E-state index in [0.29, 0.717) is 6.61 Å². The van der Waals surface area contributed by atoms with Gasteiger partial charge < -0.3 is 9.84 Å². The number of ether oxygens (including phenoxy) is 1. The second-order valence-electron chi connectivity index (χ2n) is 4.36. The number of phenolic OH excluding ortho intramolecular Hbond substituents is 1. The van der Waals surface area contributed by atoms with E-state index in [1.54, 1.807) is 31.2 Å². The zero-order valence-electron chi connectivity index (χ0n) is 9.90. The Bertz CT molecular complexity index is 442. The molecule has 1 aliphatic carbocycles. The van der Waals surface area contributed by atoms with Crippen molar-refractivity contribution in [1.29, 1.82) is 0 Å². The number of esters is 1. The van der Waals surface area contributed by atoms with E-state index in [1.807, 2.05) is 0 Å². The smallest absolute Gasteiger partial charge is 0.306 e. The Balaban J connectivity index is 2.06. The molecule has 3 nitrogen and oxygen atoms in total. The molecule has 98 valence electrons. The third-order valence-corrected chi connectivity index (χ3v) is 4.18. The number of alkyl halides is 2. The highest BCUT2D eigenvalue weighted by Crippen LogP contribution is 2.66. The fourth-order valence-electron chi connectivity index (χ4n) is 2.18. The number of benzene rings is 1. The molecule has 0 heterocycles. The van der Waals surface area contributed by atoms with Crippen LogP contribution < -0.4 is 0 Å². The third-order valence-electron chi connectivity index (χ3n) is 3.15. The Morgan fingerprint density at radius 2 is 2.00 bits per heavy atom. The van der Waals surface area contributed by atoms with Gasteiger partial charge in [0.15, 0.2) is 0 Å². The maximum absolute atomic E-state index is 11.4. The molecule has 0 saturated heterocycles. The number of hydrogen-bond donors (Lipinski definition) is 1. The van der Waals surface area contributed by atoms with Gasteiger partial charge in [-0.2, -0.15) is 0 Å². The summed E-state index contributed by atoms with van der Waals surface area (Å²) in [6.07, 6.45) is 0.215. The van der Waals surface area contributed by atoms with E-state index in [-0.39, 0.29) is 30.0 Å².